The molecule has 0 bridgehead atoms. The van der Waals surface area contributed by atoms with Crippen LogP contribution >= 0.6 is 11.3 Å². The molecule has 5 heteroatoms. The summed E-state index contributed by atoms with van der Waals surface area (Å²) in [5.41, 5.74) is 4.70. The Morgan fingerprint density at radius 3 is 2.40 bits per heavy atom. The molecule has 1 fully saturated rings. The Labute approximate surface area is 183 Å². The number of rotatable bonds is 8. The summed E-state index contributed by atoms with van der Waals surface area (Å²) >= 11 is 1.55. The zero-order valence-electron chi connectivity index (χ0n) is 18.0. The van der Waals surface area contributed by atoms with Crippen molar-refractivity contribution in [2.75, 3.05) is 4.90 Å². The second kappa shape index (κ2) is 9.11. The molecular weight excluding hydrogens is 390 g/mol. The van der Waals surface area contributed by atoms with Gasteiger partial charge in [0.05, 0.1) is 11.7 Å². The van der Waals surface area contributed by atoms with Gasteiger partial charge in [0.1, 0.15) is 18.8 Å². The maximum absolute atomic E-state index is 12.3. The largest absolute Gasteiger partial charge is 0.324 e. The lowest BCUT2D eigenvalue weighted by atomic mass is 10.0. The normalized spacial score (nSPS) is 14.7. The molecule has 1 N–H and O–H groups in total. The number of carbonyl (C=O) groups is 1. The van der Waals surface area contributed by atoms with Crippen LogP contribution in [0, 0.1) is 0 Å². The predicted octanol–water partition coefficient (Wildman–Crippen LogP) is 4.70. The van der Waals surface area contributed by atoms with Crippen LogP contribution in [0.2, 0.25) is 0 Å². The van der Waals surface area contributed by atoms with Crippen LogP contribution < -0.4 is 9.80 Å². The molecule has 1 aliphatic rings. The van der Waals surface area contributed by atoms with Crippen LogP contribution in [0.15, 0.2) is 60.0 Å². The number of hydrogen-bond donors (Lipinski definition) is 1. The number of amides is 1. The van der Waals surface area contributed by atoms with Crippen LogP contribution in [0.3, 0.4) is 0 Å². The highest BCUT2D eigenvalue weighted by Gasteiger charge is 2.34. The molecule has 0 spiro atoms. The number of benzene rings is 2. The first kappa shape index (κ1) is 20.8. The third-order valence-electron chi connectivity index (χ3n) is 5.70. The van der Waals surface area contributed by atoms with Gasteiger partial charge >= 0.3 is 0 Å². The van der Waals surface area contributed by atoms with Crippen molar-refractivity contribution in [2.24, 2.45) is 0 Å². The first-order valence-electron chi connectivity index (χ1n) is 10.7. The van der Waals surface area contributed by atoms with Crippen molar-refractivity contribution in [3.05, 3.63) is 76.8 Å². The standard InChI is InChI=1S/C25H29N3OS/c1-18(2)21-11-9-20(10-12-21)15-27(23-13-14-23)16-22-17-30-25(26-22)28(19(3)29)24-7-5-4-6-8-24/h4-12,17-18,23H,13-16H2,1-3H3/p+1. The van der Waals surface area contributed by atoms with Gasteiger partial charge in [-0.3, -0.25) is 9.69 Å². The first-order chi connectivity index (χ1) is 14.5. The SMILES string of the molecule is CC(=O)N(c1ccccc1)c1nc(C[NH+](Cc2ccc(C(C)C)cc2)C2CC2)cs1. The van der Waals surface area contributed by atoms with Gasteiger partial charge in [-0.15, -0.1) is 11.3 Å². The predicted molar refractivity (Wildman–Crippen MR) is 123 cm³/mol. The zero-order chi connectivity index (χ0) is 21.1. The number of anilines is 2. The van der Waals surface area contributed by atoms with Gasteiger partial charge in [0.25, 0.3) is 0 Å². The Hall–Kier alpha value is -2.50. The maximum atomic E-state index is 12.3. The highest BCUT2D eigenvalue weighted by Crippen LogP contribution is 2.28. The molecule has 1 aromatic heterocycles. The first-order valence-corrected chi connectivity index (χ1v) is 11.6. The maximum Gasteiger partial charge on any atom is 0.230 e. The molecule has 1 heterocycles. The average Bonchev–Trinajstić information content (AvgIpc) is 3.49. The second-order valence-corrected chi connectivity index (χ2v) is 9.33. The van der Waals surface area contributed by atoms with E-state index in [-0.39, 0.29) is 5.91 Å². The third-order valence-corrected chi connectivity index (χ3v) is 6.58. The molecule has 1 amide bonds. The molecule has 0 radical (unpaired) electrons. The van der Waals surface area contributed by atoms with E-state index < -0.39 is 0 Å². The number of carbonyl (C=O) groups excluding carboxylic acids is 1. The fourth-order valence-corrected chi connectivity index (χ4v) is 4.73. The van der Waals surface area contributed by atoms with Gasteiger partial charge in [-0.1, -0.05) is 56.3 Å². The van der Waals surface area contributed by atoms with E-state index in [0.29, 0.717) is 5.92 Å². The van der Waals surface area contributed by atoms with Crippen molar-refractivity contribution in [3.8, 4) is 0 Å². The van der Waals surface area contributed by atoms with Gasteiger partial charge in [0, 0.05) is 30.7 Å². The van der Waals surface area contributed by atoms with Crippen molar-refractivity contribution in [3.63, 3.8) is 0 Å². The highest BCUT2D eigenvalue weighted by molar-refractivity contribution is 7.14. The molecule has 2 aromatic carbocycles. The lowest BCUT2D eigenvalue weighted by molar-refractivity contribution is -0.938. The summed E-state index contributed by atoms with van der Waals surface area (Å²) in [4.78, 5) is 20.4. The molecule has 0 aliphatic heterocycles. The number of nitrogens with one attached hydrogen (secondary N) is 1. The molecule has 30 heavy (non-hydrogen) atoms. The molecule has 4 nitrogen and oxygen atoms in total. The monoisotopic (exact) mass is 420 g/mol. The van der Waals surface area contributed by atoms with Crippen LogP contribution in [0.4, 0.5) is 10.8 Å². The van der Waals surface area contributed by atoms with E-state index >= 15 is 0 Å². The average molecular weight is 421 g/mol. The summed E-state index contributed by atoms with van der Waals surface area (Å²) in [5.74, 6) is 0.548. The minimum atomic E-state index is -0.0151. The summed E-state index contributed by atoms with van der Waals surface area (Å²) in [5, 5.41) is 2.86. The molecule has 3 aromatic rings. The van der Waals surface area contributed by atoms with E-state index in [9.17, 15) is 4.79 Å². The van der Waals surface area contributed by atoms with Crippen molar-refractivity contribution in [1.29, 1.82) is 0 Å². The van der Waals surface area contributed by atoms with E-state index in [0.717, 1.165) is 35.6 Å². The molecule has 156 valence electrons. The van der Waals surface area contributed by atoms with Gasteiger partial charge in [0.15, 0.2) is 5.13 Å². The molecular formula is C25H30N3OS+. The van der Waals surface area contributed by atoms with E-state index in [2.05, 4.69) is 43.5 Å². The fraction of sp³-hybridized carbons (Fsp3) is 0.360. The molecule has 1 unspecified atom stereocenters. The van der Waals surface area contributed by atoms with Crippen LogP contribution in [-0.4, -0.2) is 16.9 Å². The van der Waals surface area contributed by atoms with Gasteiger partial charge in [-0.2, -0.15) is 0 Å². The lowest BCUT2D eigenvalue weighted by Gasteiger charge is -2.19. The van der Waals surface area contributed by atoms with Gasteiger partial charge in [-0.05, 0) is 23.6 Å². The van der Waals surface area contributed by atoms with Crippen molar-refractivity contribution < 1.29 is 9.69 Å². The fourth-order valence-electron chi connectivity index (χ4n) is 3.84. The minimum absolute atomic E-state index is 0.0151. The van der Waals surface area contributed by atoms with Gasteiger partial charge < -0.3 is 4.90 Å². The van der Waals surface area contributed by atoms with Crippen molar-refractivity contribution >= 4 is 28.1 Å². The second-order valence-electron chi connectivity index (χ2n) is 8.49. The number of para-hydroxylation sites is 1. The Kier molecular flexibility index (Phi) is 6.30. The summed E-state index contributed by atoms with van der Waals surface area (Å²) in [6, 6.07) is 19.5. The topological polar surface area (TPSA) is 37.6 Å². The van der Waals surface area contributed by atoms with Crippen LogP contribution in [-0.2, 0) is 17.9 Å². The number of aromatic nitrogens is 1. The molecule has 1 saturated carbocycles. The smallest absolute Gasteiger partial charge is 0.230 e. The van der Waals surface area contributed by atoms with Crippen LogP contribution in [0.25, 0.3) is 0 Å². The van der Waals surface area contributed by atoms with Crippen LogP contribution in [0.5, 0.6) is 0 Å². The number of quaternary nitrogens is 1. The summed E-state index contributed by atoms with van der Waals surface area (Å²) in [6.07, 6.45) is 2.58. The zero-order valence-corrected chi connectivity index (χ0v) is 18.8. The Morgan fingerprint density at radius 1 is 1.10 bits per heavy atom. The third kappa shape index (κ3) is 4.97. The number of hydrogen-bond acceptors (Lipinski definition) is 3. The Morgan fingerprint density at radius 2 is 1.80 bits per heavy atom. The Balaban J connectivity index is 1.48. The van der Waals surface area contributed by atoms with E-state index in [1.54, 1.807) is 28.1 Å². The minimum Gasteiger partial charge on any atom is -0.324 e. The van der Waals surface area contributed by atoms with Crippen molar-refractivity contribution in [2.45, 2.75) is 58.7 Å². The number of thiazole rings is 1. The summed E-state index contributed by atoms with van der Waals surface area (Å²) < 4.78 is 0. The molecule has 0 saturated heterocycles. The van der Waals surface area contributed by atoms with Gasteiger partial charge in [0.2, 0.25) is 5.91 Å². The lowest BCUT2D eigenvalue weighted by Crippen LogP contribution is -3.10. The van der Waals surface area contributed by atoms with E-state index in [1.807, 2.05) is 30.3 Å². The quantitative estimate of drug-likeness (QED) is 0.574. The molecule has 1 atom stereocenters. The Bertz CT molecular complexity index is 977. The summed E-state index contributed by atoms with van der Waals surface area (Å²) in [6.45, 7) is 7.97. The van der Waals surface area contributed by atoms with E-state index in [1.165, 1.54) is 24.0 Å². The van der Waals surface area contributed by atoms with E-state index in [4.69, 9.17) is 4.98 Å². The molecule has 1 aliphatic carbocycles. The summed E-state index contributed by atoms with van der Waals surface area (Å²) in [7, 11) is 0. The highest BCUT2D eigenvalue weighted by atomic mass is 32.1. The van der Waals surface area contributed by atoms with Gasteiger partial charge in [-0.25, -0.2) is 4.98 Å². The van der Waals surface area contributed by atoms with Crippen LogP contribution in [0.1, 0.15) is 56.4 Å². The number of nitrogens with zero attached hydrogens (tertiary/aromatic N) is 2. The van der Waals surface area contributed by atoms with Crippen molar-refractivity contribution in [1.82, 2.24) is 4.98 Å². The molecule has 4 rings (SSSR count).